The Morgan fingerprint density at radius 3 is 1.17 bits per heavy atom. The maximum atomic E-state index is 12.8. The number of unbranched alkanes of at least 4 members (excludes halogenated alkanes) is 33. The summed E-state index contributed by atoms with van der Waals surface area (Å²) in [5.41, 5.74) is 0. The van der Waals surface area contributed by atoms with Crippen LogP contribution in [0.1, 0.15) is 278 Å². The van der Waals surface area contributed by atoms with Crippen molar-refractivity contribution in [3.63, 3.8) is 0 Å². The fourth-order valence-corrected chi connectivity index (χ4v) is 7.60. The van der Waals surface area contributed by atoms with Crippen LogP contribution in [0.4, 0.5) is 0 Å². The van der Waals surface area contributed by atoms with Gasteiger partial charge in [0.25, 0.3) is 0 Å². The zero-order valence-corrected chi connectivity index (χ0v) is 39.3. The lowest BCUT2D eigenvalue weighted by Crippen LogP contribution is -2.30. The molecule has 0 bridgehead atoms. The van der Waals surface area contributed by atoms with E-state index in [9.17, 15) is 9.59 Å². The predicted octanol–water partition coefficient (Wildman–Crippen LogP) is 17.2. The summed E-state index contributed by atoms with van der Waals surface area (Å²) in [6.45, 7) is 7.84. The van der Waals surface area contributed by atoms with Crippen LogP contribution in [0.15, 0.2) is 24.3 Å². The summed E-state index contributed by atoms with van der Waals surface area (Å²) in [7, 11) is 0. The fraction of sp³-hybridized carbons (Fsp3) is 0.887. The van der Waals surface area contributed by atoms with Crippen LogP contribution in [0.25, 0.3) is 0 Å². The maximum absolute atomic E-state index is 12.8. The highest BCUT2D eigenvalue weighted by Gasteiger charge is 2.17. The van der Waals surface area contributed by atoms with Crippen LogP contribution in [0, 0.1) is 0 Å². The van der Waals surface area contributed by atoms with Crippen LogP contribution >= 0.6 is 0 Å². The molecule has 342 valence electrons. The van der Waals surface area contributed by atoms with Crippen LogP contribution in [-0.2, 0) is 23.8 Å². The Bertz CT molecular complexity index is 882. The van der Waals surface area contributed by atoms with Crippen LogP contribution in [0.2, 0.25) is 0 Å². The summed E-state index contributed by atoms with van der Waals surface area (Å²) in [5.74, 6) is -0.385. The number of hydrogen-bond donors (Lipinski definition) is 0. The number of carbonyl (C=O) groups is 2. The van der Waals surface area contributed by atoms with Gasteiger partial charge in [-0.1, -0.05) is 238 Å². The van der Waals surface area contributed by atoms with Crippen molar-refractivity contribution in [3.8, 4) is 0 Å². The van der Waals surface area contributed by atoms with Gasteiger partial charge in [-0.2, -0.15) is 0 Å². The molecule has 58 heavy (non-hydrogen) atoms. The van der Waals surface area contributed by atoms with Gasteiger partial charge in [-0.05, 0) is 51.4 Å². The topological polar surface area (TPSA) is 61.8 Å². The number of ether oxygens (including phenoxy) is 3. The van der Waals surface area contributed by atoms with Gasteiger partial charge in [-0.3, -0.25) is 9.59 Å². The molecule has 0 aromatic heterocycles. The maximum Gasteiger partial charge on any atom is 0.306 e. The quantitative estimate of drug-likeness (QED) is 0.0348. The van der Waals surface area contributed by atoms with Crippen molar-refractivity contribution in [1.29, 1.82) is 0 Å². The van der Waals surface area contributed by atoms with Crippen molar-refractivity contribution in [2.75, 3.05) is 19.8 Å². The Morgan fingerprint density at radius 2 is 0.724 bits per heavy atom. The number of hydrogen-bond acceptors (Lipinski definition) is 5. The lowest BCUT2D eigenvalue weighted by Gasteiger charge is -2.18. The molecule has 0 aliphatic rings. The molecular formula is C53H100O5. The molecule has 0 spiro atoms. The molecule has 0 N–H and O–H groups in total. The van der Waals surface area contributed by atoms with Gasteiger partial charge in [-0.25, -0.2) is 0 Å². The second-order valence-corrected chi connectivity index (χ2v) is 17.4. The molecule has 0 rings (SSSR count). The number of carbonyl (C=O) groups excluding carboxylic acids is 2. The van der Waals surface area contributed by atoms with E-state index in [0.29, 0.717) is 26.1 Å². The molecule has 0 heterocycles. The van der Waals surface area contributed by atoms with Crippen molar-refractivity contribution in [2.24, 2.45) is 0 Å². The average molecular weight is 817 g/mol. The minimum absolute atomic E-state index is 0.0904. The Labute approximate surface area is 362 Å². The highest BCUT2D eigenvalue weighted by atomic mass is 16.6. The predicted molar refractivity (Wildman–Crippen MR) is 252 cm³/mol. The summed E-state index contributed by atoms with van der Waals surface area (Å²) in [6, 6.07) is 0. The van der Waals surface area contributed by atoms with Crippen molar-refractivity contribution in [2.45, 2.75) is 284 Å². The molecule has 5 nitrogen and oxygen atoms in total. The smallest absolute Gasteiger partial charge is 0.306 e. The Morgan fingerprint density at radius 1 is 0.379 bits per heavy atom. The molecule has 1 unspecified atom stereocenters. The lowest BCUT2D eigenvalue weighted by atomic mass is 10.0. The van der Waals surface area contributed by atoms with E-state index in [1.54, 1.807) is 0 Å². The number of allylic oxidation sites excluding steroid dienone is 4. The summed E-state index contributed by atoms with van der Waals surface area (Å²) >= 11 is 0. The third-order valence-electron chi connectivity index (χ3n) is 11.5. The van der Waals surface area contributed by atoms with E-state index in [4.69, 9.17) is 14.2 Å². The summed E-state index contributed by atoms with van der Waals surface area (Å²) in [4.78, 5) is 25.3. The average Bonchev–Trinajstić information content (AvgIpc) is 3.22. The first kappa shape index (κ1) is 56.4. The van der Waals surface area contributed by atoms with Gasteiger partial charge in [0.15, 0.2) is 6.10 Å². The third-order valence-corrected chi connectivity index (χ3v) is 11.5. The molecule has 0 radical (unpaired) electrons. The first-order valence-electron chi connectivity index (χ1n) is 25.9. The second kappa shape index (κ2) is 49.7. The molecule has 0 aromatic carbocycles. The van der Waals surface area contributed by atoms with E-state index >= 15 is 0 Å². The van der Waals surface area contributed by atoms with Gasteiger partial charge in [-0.15, -0.1) is 0 Å². The monoisotopic (exact) mass is 817 g/mol. The SMILES string of the molecule is CCCCC/C=C\C/C=C\CCCCCCCCCCCC(=O)OCC(COCCCCCCCCCCCC)OC(=O)CCCCCCCCCCCCCCC. The normalized spacial score (nSPS) is 12.3. The molecule has 0 aliphatic heterocycles. The van der Waals surface area contributed by atoms with Crippen LogP contribution in [-0.4, -0.2) is 37.9 Å². The molecule has 0 saturated heterocycles. The zero-order chi connectivity index (χ0) is 42.1. The highest BCUT2D eigenvalue weighted by Crippen LogP contribution is 2.16. The van der Waals surface area contributed by atoms with Gasteiger partial charge in [0.1, 0.15) is 6.61 Å². The molecule has 0 fully saturated rings. The van der Waals surface area contributed by atoms with Crippen LogP contribution in [0.5, 0.6) is 0 Å². The number of rotatable bonds is 48. The Hall–Kier alpha value is -1.62. The fourth-order valence-electron chi connectivity index (χ4n) is 7.60. The van der Waals surface area contributed by atoms with Crippen molar-refractivity contribution < 1.29 is 23.8 Å². The summed E-state index contributed by atoms with van der Waals surface area (Å²) < 4.78 is 17.4. The van der Waals surface area contributed by atoms with Gasteiger partial charge in [0.05, 0.1) is 6.61 Å². The Kier molecular flexibility index (Phi) is 48.4. The summed E-state index contributed by atoms with van der Waals surface area (Å²) in [6.07, 6.45) is 57.5. The highest BCUT2D eigenvalue weighted by molar-refractivity contribution is 5.70. The lowest BCUT2D eigenvalue weighted by molar-refractivity contribution is -0.163. The van der Waals surface area contributed by atoms with Crippen LogP contribution < -0.4 is 0 Å². The molecule has 0 saturated carbocycles. The van der Waals surface area contributed by atoms with E-state index < -0.39 is 6.10 Å². The van der Waals surface area contributed by atoms with Crippen molar-refractivity contribution in [3.05, 3.63) is 24.3 Å². The minimum atomic E-state index is -0.528. The first-order valence-corrected chi connectivity index (χ1v) is 25.9. The van der Waals surface area contributed by atoms with Gasteiger partial charge < -0.3 is 14.2 Å². The van der Waals surface area contributed by atoms with Gasteiger partial charge in [0.2, 0.25) is 0 Å². The van der Waals surface area contributed by atoms with Crippen LogP contribution in [0.3, 0.4) is 0 Å². The van der Waals surface area contributed by atoms with Gasteiger partial charge in [0, 0.05) is 19.4 Å². The van der Waals surface area contributed by atoms with Gasteiger partial charge >= 0.3 is 11.9 Å². The molecule has 0 aliphatic carbocycles. The van der Waals surface area contributed by atoms with E-state index in [1.807, 2.05) is 0 Å². The Balaban J connectivity index is 4.15. The molecule has 5 heteroatoms. The van der Waals surface area contributed by atoms with Crippen molar-refractivity contribution in [1.82, 2.24) is 0 Å². The standard InChI is InChI=1S/C53H100O5/c1-4-7-10-13-16-19-22-24-25-26-27-28-29-31-32-34-37-40-43-46-52(54)57-50-51(49-56-48-45-42-39-36-21-18-15-12-9-6-3)58-53(55)47-44-41-38-35-33-30-23-20-17-14-11-8-5-2/h16,19,24-25,51H,4-15,17-18,20-23,26-50H2,1-3H3/b19-16-,25-24-. The molecular weight excluding hydrogens is 717 g/mol. The van der Waals surface area contributed by atoms with E-state index in [1.165, 1.54) is 205 Å². The largest absolute Gasteiger partial charge is 0.462 e. The van der Waals surface area contributed by atoms with E-state index in [-0.39, 0.29) is 18.5 Å². The summed E-state index contributed by atoms with van der Waals surface area (Å²) in [5, 5.41) is 0. The zero-order valence-electron chi connectivity index (χ0n) is 39.3. The molecule has 0 aromatic rings. The third kappa shape index (κ3) is 47.1. The molecule has 0 amide bonds. The van der Waals surface area contributed by atoms with Crippen molar-refractivity contribution >= 4 is 11.9 Å². The van der Waals surface area contributed by atoms with E-state index in [0.717, 1.165) is 38.5 Å². The minimum Gasteiger partial charge on any atom is -0.462 e. The molecule has 1 atom stereocenters. The van der Waals surface area contributed by atoms with E-state index in [2.05, 4.69) is 45.1 Å². The second-order valence-electron chi connectivity index (χ2n) is 17.4. The first-order chi connectivity index (χ1) is 28.6. The number of esters is 2.